The summed E-state index contributed by atoms with van der Waals surface area (Å²) in [6.45, 7) is 6.02. The minimum absolute atomic E-state index is 0.333. The predicted octanol–water partition coefficient (Wildman–Crippen LogP) is 3.05. The van der Waals surface area contributed by atoms with Crippen molar-refractivity contribution in [1.29, 1.82) is 5.26 Å². The topological polar surface area (TPSA) is 27.0 Å². The van der Waals surface area contributed by atoms with Crippen molar-refractivity contribution >= 4 is 0 Å². The molecule has 1 saturated carbocycles. The summed E-state index contributed by atoms with van der Waals surface area (Å²) in [5.74, 6) is 2.18. The third-order valence-electron chi connectivity index (χ3n) is 4.55. The summed E-state index contributed by atoms with van der Waals surface area (Å²) in [7, 11) is 0. The van der Waals surface area contributed by atoms with Gasteiger partial charge in [-0.2, -0.15) is 5.26 Å². The minimum atomic E-state index is 0.333. The normalized spacial score (nSPS) is 33.5. The maximum absolute atomic E-state index is 8.87. The van der Waals surface area contributed by atoms with Gasteiger partial charge in [-0.25, -0.2) is 0 Å². The van der Waals surface area contributed by atoms with Gasteiger partial charge in [0.15, 0.2) is 0 Å². The van der Waals surface area contributed by atoms with Gasteiger partial charge in [-0.15, -0.1) is 0 Å². The van der Waals surface area contributed by atoms with E-state index < -0.39 is 0 Å². The second-order valence-electron chi connectivity index (χ2n) is 5.73. The number of piperidine rings is 1. The van der Waals surface area contributed by atoms with Gasteiger partial charge < -0.3 is 4.90 Å². The van der Waals surface area contributed by atoms with E-state index in [0.29, 0.717) is 5.92 Å². The van der Waals surface area contributed by atoms with Crippen LogP contribution in [0.15, 0.2) is 0 Å². The smallest absolute Gasteiger partial charge is 0.0656 e. The van der Waals surface area contributed by atoms with Gasteiger partial charge in [0.25, 0.3) is 0 Å². The van der Waals surface area contributed by atoms with E-state index in [1.807, 2.05) is 0 Å². The van der Waals surface area contributed by atoms with Crippen molar-refractivity contribution in [1.82, 2.24) is 4.90 Å². The molecule has 1 aliphatic carbocycles. The number of likely N-dealkylation sites (tertiary alicyclic amines) is 1. The van der Waals surface area contributed by atoms with Crippen LogP contribution in [0.1, 0.15) is 45.4 Å². The number of hydrogen-bond acceptors (Lipinski definition) is 2. The molecule has 1 heterocycles. The van der Waals surface area contributed by atoms with Crippen molar-refractivity contribution in [2.45, 2.75) is 45.4 Å². The summed E-state index contributed by atoms with van der Waals surface area (Å²) in [6, 6.07) is 2.41. The van der Waals surface area contributed by atoms with Crippen LogP contribution < -0.4 is 0 Å². The number of rotatable bonds is 2. The highest BCUT2D eigenvalue weighted by Gasteiger charge is 2.25. The first kappa shape index (κ1) is 11.9. The van der Waals surface area contributed by atoms with E-state index >= 15 is 0 Å². The molecule has 2 aliphatic rings. The molecule has 2 fully saturated rings. The quantitative estimate of drug-likeness (QED) is 0.715. The largest absolute Gasteiger partial charge is 0.303 e. The van der Waals surface area contributed by atoms with Gasteiger partial charge in [0, 0.05) is 12.5 Å². The van der Waals surface area contributed by atoms with Crippen molar-refractivity contribution in [3.05, 3.63) is 0 Å². The SMILES string of the molecule is C[C@@H]1CCCC[C@@H]1CN1CCC(C#N)CC1. The first-order valence-corrected chi connectivity index (χ1v) is 6.91. The van der Waals surface area contributed by atoms with Gasteiger partial charge in [-0.1, -0.05) is 26.2 Å². The van der Waals surface area contributed by atoms with Gasteiger partial charge in [-0.05, 0) is 44.2 Å². The predicted molar refractivity (Wildman–Crippen MR) is 65.9 cm³/mol. The summed E-state index contributed by atoms with van der Waals surface area (Å²) in [5, 5.41) is 8.87. The molecule has 90 valence electrons. The standard InChI is InChI=1S/C14H24N2/c1-12-4-2-3-5-14(12)11-16-8-6-13(10-15)7-9-16/h12-14H,2-9,11H2,1H3/t12-,14-/m1/s1. The number of nitrogens with zero attached hydrogens (tertiary/aromatic N) is 2. The van der Waals surface area contributed by atoms with Crippen molar-refractivity contribution < 1.29 is 0 Å². The van der Waals surface area contributed by atoms with Crippen molar-refractivity contribution in [3.8, 4) is 6.07 Å². The van der Waals surface area contributed by atoms with Crippen molar-refractivity contribution in [3.63, 3.8) is 0 Å². The lowest BCUT2D eigenvalue weighted by atomic mass is 9.80. The summed E-state index contributed by atoms with van der Waals surface area (Å²) < 4.78 is 0. The Bertz CT molecular complexity index is 248. The zero-order valence-corrected chi connectivity index (χ0v) is 10.5. The Morgan fingerprint density at radius 3 is 2.44 bits per heavy atom. The van der Waals surface area contributed by atoms with E-state index in [1.165, 1.54) is 32.2 Å². The summed E-state index contributed by atoms with van der Waals surface area (Å²) in [5.41, 5.74) is 0. The van der Waals surface area contributed by atoms with Crippen LogP contribution in [0.25, 0.3) is 0 Å². The van der Waals surface area contributed by atoms with E-state index in [1.54, 1.807) is 0 Å². The Hall–Kier alpha value is -0.550. The van der Waals surface area contributed by atoms with Crippen LogP contribution in [0, 0.1) is 29.1 Å². The summed E-state index contributed by atoms with van der Waals surface area (Å²) in [6.07, 6.45) is 7.92. The van der Waals surface area contributed by atoms with Crippen LogP contribution in [-0.2, 0) is 0 Å². The third kappa shape index (κ3) is 2.98. The molecule has 0 aromatic heterocycles. The van der Waals surface area contributed by atoms with Crippen LogP contribution in [0.4, 0.5) is 0 Å². The van der Waals surface area contributed by atoms with E-state index in [0.717, 1.165) is 37.8 Å². The van der Waals surface area contributed by atoms with E-state index in [4.69, 9.17) is 5.26 Å². The fraction of sp³-hybridized carbons (Fsp3) is 0.929. The van der Waals surface area contributed by atoms with Crippen molar-refractivity contribution in [2.75, 3.05) is 19.6 Å². The molecule has 0 bridgehead atoms. The first-order chi connectivity index (χ1) is 7.79. The molecule has 0 unspecified atom stereocenters. The Morgan fingerprint density at radius 1 is 1.12 bits per heavy atom. The number of nitriles is 1. The molecular formula is C14H24N2. The first-order valence-electron chi connectivity index (χ1n) is 6.91. The van der Waals surface area contributed by atoms with Crippen LogP contribution in [0.3, 0.4) is 0 Å². The van der Waals surface area contributed by atoms with Crippen LogP contribution in [0.5, 0.6) is 0 Å². The molecule has 0 amide bonds. The number of hydrogen-bond donors (Lipinski definition) is 0. The molecule has 1 saturated heterocycles. The second kappa shape index (κ2) is 5.68. The molecule has 2 nitrogen and oxygen atoms in total. The molecule has 0 spiro atoms. The van der Waals surface area contributed by atoms with Crippen molar-refractivity contribution in [2.24, 2.45) is 17.8 Å². The second-order valence-corrected chi connectivity index (χ2v) is 5.73. The van der Waals surface area contributed by atoms with Crippen LogP contribution in [-0.4, -0.2) is 24.5 Å². The molecule has 0 radical (unpaired) electrons. The van der Waals surface area contributed by atoms with Gasteiger partial charge in [0.2, 0.25) is 0 Å². The molecule has 2 rings (SSSR count). The maximum Gasteiger partial charge on any atom is 0.0656 e. The molecule has 0 aromatic carbocycles. The van der Waals surface area contributed by atoms with Crippen LogP contribution in [0.2, 0.25) is 0 Å². The highest BCUT2D eigenvalue weighted by Crippen LogP contribution is 2.31. The highest BCUT2D eigenvalue weighted by molar-refractivity contribution is 4.88. The molecule has 0 N–H and O–H groups in total. The average Bonchev–Trinajstić information content (AvgIpc) is 2.33. The molecule has 16 heavy (non-hydrogen) atoms. The average molecular weight is 220 g/mol. The maximum atomic E-state index is 8.87. The van der Waals surface area contributed by atoms with Crippen LogP contribution >= 0.6 is 0 Å². The fourth-order valence-electron chi connectivity index (χ4n) is 3.24. The van der Waals surface area contributed by atoms with E-state index in [9.17, 15) is 0 Å². The lowest BCUT2D eigenvalue weighted by Crippen LogP contribution is -2.39. The molecule has 0 aromatic rings. The Kier molecular flexibility index (Phi) is 4.23. The van der Waals surface area contributed by atoms with E-state index in [-0.39, 0.29) is 0 Å². The summed E-state index contributed by atoms with van der Waals surface area (Å²) in [4.78, 5) is 2.60. The van der Waals surface area contributed by atoms with Gasteiger partial charge in [-0.3, -0.25) is 0 Å². The fourth-order valence-corrected chi connectivity index (χ4v) is 3.24. The molecular weight excluding hydrogens is 196 g/mol. The molecule has 2 atom stereocenters. The Morgan fingerprint density at radius 2 is 1.81 bits per heavy atom. The molecule has 1 aliphatic heterocycles. The Balaban J connectivity index is 1.75. The lowest BCUT2D eigenvalue weighted by Gasteiger charge is -2.36. The zero-order valence-electron chi connectivity index (χ0n) is 10.5. The Labute approximate surface area is 99.6 Å². The van der Waals surface area contributed by atoms with Gasteiger partial charge in [0.1, 0.15) is 0 Å². The van der Waals surface area contributed by atoms with Gasteiger partial charge in [0.05, 0.1) is 6.07 Å². The van der Waals surface area contributed by atoms with Gasteiger partial charge >= 0.3 is 0 Å². The monoisotopic (exact) mass is 220 g/mol. The zero-order chi connectivity index (χ0) is 11.4. The minimum Gasteiger partial charge on any atom is -0.303 e. The summed E-state index contributed by atoms with van der Waals surface area (Å²) >= 11 is 0. The third-order valence-corrected chi connectivity index (χ3v) is 4.55. The highest BCUT2D eigenvalue weighted by atomic mass is 15.1. The van der Waals surface area contributed by atoms with E-state index in [2.05, 4.69) is 17.9 Å². The lowest BCUT2D eigenvalue weighted by molar-refractivity contribution is 0.132. The molecule has 2 heteroatoms.